The first-order chi connectivity index (χ1) is 17.0. The van der Waals surface area contributed by atoms with Gasteiger partial charge < -0.3 is 10.3 Å². The van der Waals surface area contributed by atoms with E-state index in [1.807, 2.05) is 0 Å². The highest BCUT2D eigenvalue weighted by Crippen LogP contribution is 2.49. The van der Waals surface area contributed by atoms with Crippen LogP contribution in [0.5, 0.6) is 0 Å². The van der Waals surface area contributed by atoms with Gasteiger partial charge in [0.05, 0.1) is 5.56 Å². The van der Waals surface area contributed by atoms with E-state index < -0.39 is 5.92 Å². The number of carbonyl (C=O) groups is 1. The molecule has 0 fully saturated rings. The minimum Gasteiger partial charge on any atom is -0.343 e. The van der Waals surface area contributed by atoms with Gasteiger partial charge in [-0.25, -0.2) is 4.98 Å². The van der Waals surface area contributed by atoms with Crippen LogP contribution in [0.4, 0.5) is 5.82 Å². The van der Waals surface area contributed by atoms with Crippen LogP contribution in [0.3, 0.4) is 0 Å². The number of anilines is 1. The number of fused-ring (bicyclic) bond motifs is 1. The molecule has 8 heteroatoms. The Morgan fingerprint density at radius 2 is 1.86 bits per heavy atom. The van der Waals surface area contributed by atoms with Gasteiger partial charge in [0.2, 0.25) is 0 Å². The number of aromatic nitrogens is 2. The van der Waals surface area contributed by atoms with Gasteiger partial charge >= 0.3 is 0 Å². The molecule has 0 radical (unpaired) electrons. The summed E-state index contributed by atoms with van der Waals surface area (Å²) in [5.74, 6) is 0.561. The van der Waals surface area contributed by atoms with Crippen molar-refractivity contribution in [2.24, 2.45) is 5.41 Å². The van der Waals surface area contributed by atoms with Gasteiger partial charge in [0.1, 0.15) is 5.82 Å². The largest absolute Gasteiger partial charge is 0.343 e. The Balaban J connectivity index is 1.60. The third-order valence-electron chi connectivity index (χ3n) is 6.84. The molecule has 0 bridgehead atoms. The Kier molecular flexibility index (Phi) is 6.56. The fourth-order valence-electron chi connectivity index (χ4n) is 5.11. The van der Waals surface area contributed by atoms with Crippen LogP contribution in [0.1, 0.15) is 60.4 Å². The van der Waals surface area contributed by atoms with Crippen LogP contribution in [0.15, 0.2) is 57.6 Å². The number of nitrogens with zero attached hydrogens (tertiary/aromatic N) is 1. The molecule has 1 atom stereocenters. The van der Waals surface area contributed by atoms with E-state index in [4.69, 9.17) is 28.2 Å². The molecule has 2 N–H and O–H groups in total. The monoisotopic (exact) mass is 539 g/mol. The molecule has 1 aromatic heterocycles. The van der Waals surface area contributed by atoms with E-state index >= 15 is 0 Å². The molecule has 186 valence electrons. The highest BCUT2D eigenvalue weighted by molar-refractivity contribution is 7.98. The molecule has 0 amide bonds. The maximum absolute atomic E-state index is 13.5. The summed E-state index contributed by atoms with van der Waals surface area (Å²) in [5, 5.41) is 4.80. The summed E-state index contributed by atoms with van der Waals surface area (Å²) in [7, 11) is 0. The van der Waals surface area contributed by atoms with Crippen LogP contribution in [0, 0.1) is 19.3 Å². The number of carbonyl (C=O) groups excluding carboxylic acids is 1. The zero-order valence-electron chi connectivity index (χ0n) is 20.6. The molecule has 5 rings (SSSR count). The molecule has 2 aliphatic rings. The van der Waals surface area contributed by atoms with Gasteiger partial charge in [-0.3, -0.25) is 9.59 Å². The van der Waals surface area contributed by atoms with Crippen LogP contribution < -0.4 is 10.9 Å². The molecule has 2 heterocycles. The lowest BCUT2D eigenvalue weighted by Gasteiger charge is -2.38. The summed E-state index contributed by atoms with van der Waals surface area (Å²) in [5.41, 5.74) is 5.58. The number of halogens is 2. The molecule has 3 aromatic rings. The topological polar surface area (TPSA) is 74.8 Å². The Labute approximate surface area is 224 Å². The Hall–Kier alpha value is -2.54. The van der Waals surface area contributed by atoms with E-state index in [2.05, 4.69) is 56.2 Å². The van der Waals surface area contributed by atoms with Crippen molar-refractivity contribution in [1.29, 1.82) is 0 Å². The Morgan fingerprint density at radius 3 is 2.61 bits per heavy atom. The van der Waals surface area contributed by atoms with E-state index in [1.165, 1.54) is 28.5 Å². The second-order valence-electron chi connectivity index (χ2n) is 10.4. The average Bonchev–Trinajstić information content (AvgIpc) is 2.77. The zero-order valence-corrected chi connectivity index (χ0v) is 22.9. The molecule has 2 aromatic carbocycles. The minimum absolute atomic E-state index is 0.0168. The normalized spacial score (nSPS) is 18.5. The summed E-state index contributed by atoms with van der Waals surface area (Å²) in [6.45, 7) is 8.30. The second-order valence-corrected chi connectivity index (χ2v) is 12.2. The number of H-pyrrole nitrogens is 1. The lowest BCUT2D eigenvalue weighted by atomic mass is 9.69. The zero-order chi connectivity index (χ0) is 25.8. The molecular formula is C28H27Cl2N3O2S. The smallest absolute Gasteiger partial charge is 0.257 e. The van der Waals surface area contributed by atoms with Crippen molar-refractivity contribution < 1.29 is 4.79 Å². The van der Waals surface area contributed by atoms with Crippen LogP contribution in [0.2, 0.25) is 10.0 Å². The van der Waals surface area contributed by atoms with Gasteiger partial charge in [-0.05, 0) is 54.5 Å². The minimum atomic E-state index is -0.612. The quantitative estimate of drug-likeness (QED) is 0.271. The average molecular weight is 541 g/mol. The first kappa shape index (κ1) is 25.1. The number of ketones is 1. The maximum atomic E-state index is 13.5. The summed E-state index contributed by atoms with van der Waals surface area (Å²) in [6, 6.07) is 11.5. The van der Waals surface area contributed by atoms with Gasteiger partial charge in [0.15, 0.2) is 10.9 Å². The number of rotatable bonds is 4. The number of nitrogens with one attached hydrogen (secondary N) is 2. The molecule has 0 saturated heterocycles. The molecule has 1 aliphatic carbocycles. The van der Waals surface area contributed by atoms with Crippen LogP contribution in [0.25, 0.3) is 0 Å². The SMILES string of the molecule is Cc1ccc(C)c(CSc2nc3c(c(=O)[nH]2)C(c2ccc(Cl)cc2Cl)C2=C(CC(C)(C)CC2=O)N3)c1. The predicted octanol–water partition coefficient (Wildman–Crippen LogP) is 7.19. The van der Waals surface area contributed by atoms with Gasteiger partial charge in [-0.1, -0.05) is 78.6 Å². The van der Waals surface area contributed by atoms with Crippen LogP contribution >= 0.6 is 35.0 Å². The van der Waals surface area contributed by atoms with Gasteiger partial charge in [-0.15, -0.1) is 0 Å². The lowest BCUT2D eigenvalue weighted by molar-refractivity contribution is -0.118. The lowest BCUT2D eigenvalue weighted by Crippen LogP contribution is -2.37. The predicted molar refractivity (Wildman–Crippen MR) is 147 cm³/mol. The Bertz CT molecular complexity index is 1490. The molecule has 1 unspecified atom stereocenters. The van der Waals surface area contributed by atoms with E-state index in [0.717, 1.165) is 5.70 Å². The van der Waals surface area contributed by atoms with E-state index in [1.54, 1.807) is 18.2 Å². The number of hydrogen-bond donors (Lipinski definition) is 2. The maximum Gasteiger partial charge on any atom is 0.257 e. The summed E-state index contributed by atoms with van der Waals surface area (Å²) in [6.07, 6.45) is 1.08. The number of aryl methyl sites for hydroxylation is 2. The number of thioether (sulfide) groups is 1. The molecule has 0 saturated carbocycles. The molecule has 5 nitrogen and oxygen atoms in total. The van der Waals surface area contributed by atoms with Gasteiger partial charge in [-0.2, -0.15) is 0 Å². The number of aromatic amines is 1. The summed E-state index contributed by atoms with van der Waals surface area (Å²) >= 11 is 14.3. The number of hydrogen-bond acceptors (Lipinski definition) is 5. The van der Waals surface area contributed by atoms with Crippen molar-refractivity contribution in [1.82, 2.24) is 9.97 Å². The van der Waals surface area contributed by atoms with Crippen LogP contribution in [-0.2, 0) is 10.5 Å². The number of Topliss-reactive ketones (excluding diaryl/α,β-unsaturated/α-hetero) is 1. The van der Waals surface area contributed by atoms with E-state index in [0.29, 0.717) is 56.3 Å². The standard InChI is InChI=1S/C28H27Cl2N3O2S/c1-14-5-6-15(2)16(9-14)13-36-27-32-25-24(26(35)33-27)22(18-8-7-17(29)10-19(18)30)23-20(31-25)11-28(3,4)12-21(23)34/h5-10,22H,11-13H2,1-4H3,(H2,31,32,33,35). The highest BCUT2D eigenvalue weighted by Gasteiger charge is 2.43. The summed E-state index contributed by atoms with van der Waals surface area (Å²) < 4.78 is 0. The highest BCUT2D eigenvalue weighted by atomic mass is 35.5. The van der Waals surface area contributed by atoms with Crippen molar-refractivity contribution >= 4 is 46.6 Å². The second kappa shape index (κ2) is 9.40. The van der Waals surface area contributed by atoms with E-state index in [-0.39, 0.29) is 16.8 Å². The molecular weight excluding hydrogens is 513 g/mol. The van der Waals surface area contributed by atoms with Crippen molar-refractivity contribution in [2.45, 2.75) is 57.4 Å². The molecule has 36 heavy (non-hydrogen) atoms. The van der Waals surface area contributed by atoms with Crippen LogP contribution in [-0.4, -0.2) is 15.8 Å². The first-order valence-corrected chi connectivity index (χ1v) is 13.6. The van der Waals surface area contributed by atoms with Crippen molar-refractivity contribution in [3.05, 3.63) is 95.9 Å². The fraction of sp³-hybridized carbons (Fsp3) is 0.321. The van der Waals surface area contributed by atoms with Gasteiger partial charge in [0.25, 0.3) is 5.56 Å². The Morgan fingerprint density at radius 1 is 1.08 bits per heavy atom. The number of benzene rings is 2. The van der Waals surface area contributed by atoms with Crippen molar-refractivity contribution in [3.63, 3.8) is 0 Å². The summed E-state index contributed by atoms with van der Waals surface area (Å²) in [4.78, 5) is 34.7. The van der Waals surface area contributed by atoms with Crippen molar-refractivity contribution in [3.8, 4) is 0 Å². The van der Waals surface area contributed by atoms with E-state index in [9.17, 15) is 9.59 Å². The molecule has 1 aliphatic heterocycles. The third-order valence-corrected chi connectivity index (χ3v) is 8.33. The number of allylic oxidation sites excluding steroid dienone is 2. The first-order valence-electron chi connectivity index (χ1n) is 11.8. The van der Waals surface area contributed by atoms with Gasteiger partial charge in [0, 0.05) is 39.4 Å². The van der Waals surface area contributed by atoms with Crippen molar-refractivity contribution in [2.75, 3.05) is 5.32 Å². The fourth-order valence-corrected chi connectivity index (χ4v) is 6.55. The molecule has 0 spiro atoms. The third kappa shape index (κ3) is 4.74.